The minimum Gasteiger partial charge on any atom is -0.352 e. The van der Waals surface area contributed by atoms with E-state index in [0.717, 1.165) is 33.1 Å². The Hall–Kier alpha value is -1.00. The Morgan fingerprint density at radius 3 is 2.70 bits per heavy atom. The van der Waals surface area contributed by atoms with E-state index in [9.17, 15) is 4.79 Å². The summed E-state index contributed by atoms with van der Waals surface area (Å²) >= 11 is 5.26. The molecule has 2 aromatic carbocycles. The van der Waals surface area contributed by atoms with E-state index in [0.29, 0.717) is 5.92 Å². The van der Waals surface area contributed by atoms with Gasteiger partial charge < -0.3 is 5.32 Å². The Morgan fingerprint density at radius 1 is 1.25 bits per heavy atom. The van der Waals surface area contributed by atoms with Crippen LogP contribution < -0.4 is 5.32 Å². The Kier molecular flexibility index (Phi) is 5.49. The zero-order valence-corrected chi connectivity index (χ0v) is 14.1. The fraction of sp³-hybridized carbons (Fsp3) is 0.312. The van der Waals surface area contributed by atoms with Crippen LogP contribution in [-0.2, 0) is 0 Å². The van der Waals surface area contributed by atoms with Crippen LogP contribution in [0.25, 0.3) is 10.8 Å². The van der Waals surface area contributed by atoms with Crippen LogP contribution in [-0.4, -0.2) is 24.5 Å². The topological polar surface area (TPSA) is 29.1 Å². The van der Waals surface area contributed by atoms with Gasteiger partial charge in [-0.2, -0.15) is 11.8 Å². The van der Waals surface area contributed by atoms with Gasteiger partial charge in [-0.1, -0.05) is 35.0 Å². The summed E-state index contributed by atoms with van der Waals surface area (Å²) < 4.78 is 1.05. The average Bonchev–Trinajstić information content (AvgIpc) is 2.44. The van der Waals surface area contributed by atoms with Gasteiger partial charge in [0.2, 0.25) is 0 Å². The number of fused-ring (bicyclic) bond motifs is 1. The monoisotopic (exact) mass is 351 g/mol. The maximum Gasteiger partial charge on any atom is 0.251 e. The number of benzene rings is 2. The third kappa shape index (κ3) is 4.00. The SMILES string of the molecule is CSCC(C)CNC(=O)c1ccc2cc(Br)ccc2c1. The molecule has 0 saturated heterocycles. The molecule has 20 heavy (non-hydrogen) atoms. The molecule has 0 aliphatic rings. The summed E-state index contributed by atoms with van der Waals surface area (Å²) in [5.74, 6) is 1.56. The second-order valence-corrected chi connectivity index (χ2v) is 6.80. The van der Waals surface area contributed by atoms with E-state index in [-0.39, 0.29) is 5.91 Å². The molecule has 0 radical (unpaired) electrons. The molecule has 2 rings (SSSR count). The normalized spacial score (nSPS) is 12.3. The molecule has 0 bridgehead atoms. The van der Waals surface area contributed by atoms with Crippen LogP contribution in [0, 0.1) is 5.92 Å². The van der Waals surface area contributed by atoms with Gasteiger partial charge in [0, 0.05) is 16.6 Å². The minimum atomic E-state index is 0.00257. The third-order valence-corrected chi connectivity index (χ3v) is 4.52. The maximum atomic E-state index is 12.1. The van der Waals surface area contributed by atoms with Crippen molar-refractivity contribution in [2.24, 2.45) is 5.92 Å². The predicted molar refractivity (Wildman–Crippen MR) is 91.5 cm³/mol. The number of nitrogens with one attached hydrogen (secondary N) is 1. The summed E-state index contributed by atoms with van der Waals surface area (Å²) in [4.78, 5) is 12.1. The predicted octanol–water partition coefficient (Wildman–Crippen LogP) is 4.33. The number of amides is 1. The van der Waals surface area contributed by atoms with Gasteiger partial charge in [-0.3, -0.25) is 4.79 Å². The molecule has 2 nitrogen and oxygen atoms in total. The summed E-state index contributed by atoms with van der Waals surface area (Å²) in [6.07, 6.45) is 2.08. The second kappa shape index (κ2) is 7.14. The molecule has 0 aromatic heterocycles. The van der Waals surface area contributed by atoms with Crippen molar-refractivity contribution in [1.29, 1.82) is 0 Å². The second-order valence-electron chi connectivity index (χ2n) is 4.98. The molecule has 2 aromatic rings. The summed E-state index contributed by atoms with van der Waals surface area (Å²) in [6.45, 7) is 2.87. The van der Waals surface area contributed by atoms with Crippen molar-refractivity contribution >= 4 is 44.4 Å². The van der Waals surface area contributed by atoms with Crippen LogP contribution in [0.3, 0.4) is 0 Å². The first kappa shape index (κ1) is 15.4. The van der Waals surface area contributed by atoms with Crippen LogP contribution in [0.2, 0.25) is 0 Å². The van der Waals surface area contributed by atoms with E-state index >= 15 is 0 Å². The molecule has 106 valence electrons. The Bertz CT molecular complexity index is 614. The van der Waals surface area contributed by atoms with E-state index in [1.54, 1.807) is 11.8 Å². The number of halogens is 1. The summed E-state index contributed by atoms with van der Waals surface area (Å²) in [5, 5.41) is 5.21. The minimum absolute atomic E-state index is 0.00257. The number of hydrogen-bond acceptors (Lipinski definition) is 2. The van der Waals surface area contributed by atoms with E-state index in [1.807, 2.05) is 30.3 Å². The van der Waals surface area contributed by atoms with Crippen LogP contribution in [0.1, 0.15) is 17.3 Å². The number of carbonyl (C=O) groups excluding carboxylic acids is 1. The zero-order chi connectivity index (χ0) is 14.5. The molecule has 4 heteroatoms. The number of hydrogen-bond donors (Lipinski definition) is 1. The Morgan fingerprint density at radius 2 is 1.95 bits per heavy atom. The molecule has 0 fully saturated rings. The lowest BCUT2D eigenvalue weighted by Gasteiger charge is -2.11. The molecular formula is C16H18BrNOS. The largest absolute Gasteiger partial charge is 0.352 e. The summed E-state index contributed by atoms with van der Waals surface area (Å²) in [6, 6.07) is 11.9. The summed E-state index contributed by atoms with van der Waals surface area (Å²) in [5.41, 5.74) is 0.719. The molecular weight excluding hydrogens is 334 g/mol. The molecule has 1 amide bonds. The molecule has 0 saturated carbocycles. The molecule has 0 spiro atoms. The van der Waals surface area contributed by atoms with E-state index < -0.39 is 0 Å². The van der Waals surface area contributed by atoms with Gasteiger partial charge in [-0.25, -0.2) is 0 Å². The van der Waals surface area contributed by atoms with Crippen molar-refractivity contribution < 1.29 is 4.79 Å². The van der Waals surface area contributed by atoms with Crippen molar-refractivity contribution in [2.45, 2.75) is 6.92 Å². The van der Waals surface area contributed by atoms with Crippen molar-refractivity contribution in [3.63, 3.8) is 0 Å². The van der Waals surface area contributed by atoms with E-state index in [4.69, 9.17) is 0 Å². The van der Waals surface area contributed by atoms with Gasteiger partial charge in [-0.05, 0) is 53.0 Å². The third-order valence-electron chi connectivity index (χ3n) is 3.13. The van der Waals surface area contributed by atoms with Gasteiger partial charge in [0.15, 0.2) is 0 Å². The fourth-order valence-electron chi connectivity index (χ4n) is 2.07. The number of thioether (sulfide) groups is 1. The van der Waals surface area contributed by atoms with E-state index in [1.165, 1.54) is 0 Å². The first-order chi connectivity index (χ1) is 9.60. The Balaban J connectivity index is 2.08. The smallest absolute Gasteiger partial charge is 0.251 e. The molecule has 1 atom stereocenters. The fourth-order valence-corrected chi connectivity index (χ4v) is 3.14. The Labute approximate surface area is 132 Å². The van der Waals surface area contributed by atoms with Gasteiger partial charge in [0.1, 0.15) is 0 Å². The lowest BCUT2D eigenvalue weighted by atomic mass is 10.1. The van der Waals surface area contributed by atoms with Crippen molar-refractivity contribution in [2.75, 3.05) is 18.6 Å². The lowest BCUT2D eigenvalue weighted by Crippen LogP contribution is -2.29. The molecule has 0 aliphatic heterocycles. The zero-order valence-electron chi connectivity index (χ0n) is 11.7. The highest BCUT2D eigenvalue weighted by Gasteiger charge is 2.08. The van der Waals surface area contributed by atoms with Crippen molar-refractivity contribution in [1.82, 2.24) is 5.32 Å². The molecule has 1 unspecified atom stereocenters. The van der Waals surface area contributed by atoms with Crippen LogP contribution in [0.4, 0.5) is 0 Å². The van der Waals surface area contributed by atoms with Crippen molar-refractivity contribution in [3.05, 3.63) is 46.4 Å². The molecule has 0 aliphatic carbocycles. The van der Waals surface area contributed by atoms with Crippen LogP contribution in [0.5, 0.6) is 0 Å². The van der Waals surface area contributed by atoms with Crippen molar-refractivity contribution in [3.8, 4) is 0 Å². The number of rotatable bonds is 5. The highest BCUT2D eigenvalue weighted by molar-refractivity contribution is 9.10. The highest BCUT2D eigenvalue weighted by atomic mass is 79.9. The number of carbonyl (C=O) groups is 1. The molecule has 0 heterocycles. The van der Waals surface area contributed by atoms with Gasteiger partial charge in [0.05, 0.1) is 0 Å². The standard InChI is InChI=1S/C16H18BrNOS/c1-11(10-20-2)9-18-16(19)14-4-3-13-8-15(17)6-5-12(13)7-14/h3-8,11H,9-10H2,1-2H3,(H,18,19). The molecule has 1 N–H and O–H groups in total. The van der Waals surface area contributed by atoms with Gasteiger partial charge in [-0.15, -0.1) is 0 Å². The first-order valence-electron chi connectivity index (χ1n) is 6.56. The quantitative estimate of drug-likeness (QED) is 0.868. The van der Waals surface area contributed by atoms with Crippen LogP contribution in [0.15, 0.2) is 40.9 Å². The van der Waals surface area contributed by atoms with E-state index in [2.05, 4.69) is 40.5 Å². The highest BCUT2D eigenvalue weighted by Crippen LogP contribution is 2.21. The van der Waals surface area contributed by atoms with Gasteiger partial charge >= 0.3 is 0 Å². The lowest BCUT2D eigenvalue weighted by molar-refractivity contribution is 0.0949. The maximum absolute atomic E-state index is 12.1. The van der Waals surface area contributed by atoms with Crippen LogP contribution >= 0.6 is 27.7 Å². The first-order valence-corrected chi connectivity index (χ1v) is 8.75. The average molecular weight is 352 g/mol. The van der Waals surface area contributed by atoms with Gasteiger partial charge in [0.25, 0.3) is 5.91 Å². The summed E-state index contributed by atoms with van der Waals surface area (Å²) in [7, 11) is 0.